The van der Waals surface area contributed by atoms with Gasteiger partial charge in [0.1, 0.15) is 5.69 Å². The van der Waals surface area contributed by atoms with Gasteiger partial charge in [-0.25, -0.2) is 29.0 Å². The van der Waals surface area contributed by atoms with E-state index in [9.17, 15) is 18.0 Å². The number of thiophene rings is 1. The Bertz CT molecular complexity index is 1440. The van der Waals surface area contributed by atoms with Crippen molar-refractivity contribution in [3.63, 3.8) is 0 Å². The largest absolute Gasteiger partial charge is 0.352 e. The average molecular weight is 512 g/mol. The van der Waals surface area contributed by atoms with Crippen LogP contribution in [0.4, 0.5) is 19.1 Å². The van der Waals surface area contributed by atoms with E-state index in [1.807, 2.05) is 26.0 Å². The highest BCUT2D eigenvalue weighted by atomic mass is 32.1. The standard InChI is InChI=1S/C26H24F3N5OS/c1-3-10-34(30)11-9-31-26-32-14-20(27)22(33-26)21-13-16-5-4-6-18(24(16)36-21)19-12-15(2)7-8-17(19)23(35)25(28)29/h3-8,10,12-14,25H,9,11,30H2,1-2H3,(H,31,32,33)/b10-3-. The van der Waals surface area contributed by atoms with Gasteiger partial charge in [-0.05, 0) is 30.9 Å². The first-order valence-electron chi connectivity index (χ1n) is 11.2. The normalized spacial score (nSPS) is 11.5. The van der Waals surface area contributed by atoms with Crippen molar-refractivity contribution in [2.45, 2.75) is 20.3 Å². The molecule has 10 heteroatoms. The maximum absolute atomic E-state index is 14.8. The van der Waals surface area contributed by atoms with Gasteiger partial charge in [-0.15, -0.1) is 11.3 Å². The minimum absolute atomic E-state index is 0.0513. The lowest BCUT2D eigenvalue weighted by atomic mass is 9.94. The minimum atomic E-state index is -3.12. The fourth-order valence-electron chi connectivity index (χ4n) is 3.79. The van der Waals surface area contributed by atoms with E-state index >= 15 is 0 Å². The predicted molar refractivity (Wildman–Crippen MR) is 138 cm³/mol. The van der Waals surface area contributed by atoms with Gasteiger partial charge in [0.2, 0.25) is 11.7 Å². The number of nitrogens with zero attached hydrogens (tertiary/aromatic N) is 3. The zero-order valence-electron chi connectivity index (χ0n) is 19.6. The molecule has 0 atom stereocenters. The molecular weight excluding hydrogens is 487 g/mol. The molecule has 0 saturated heterocycles. The number of hydrogen-bond acceptors (Lipinski definition) is 7. The highest BCUT2D eigenvalue weighted by Crippen LogP contribution is 2.41. The Morgan fingerprint density at radius 1 is 1.22 bits per heavy atom. The number of nitrogens with two attached hydrogens (primary N) is 1. The van der Waals surface area contributed by atoms with Crippen molar-refractivity contribution in [2.75, 3.05) is 18.4 Å². The molecule has 36 heavy (non-hydrogen) atoms. The summed E-state index contributed by atoms with van der Waals surface area (Å²) in [6.45, 7) is 4.61. The molecule has 6 nitrogen and oxygen atoms in total. The average Bonchev–Trinajstić information content (AvgIpc) is 3.29. The SMILES string of the molecule is C/C=C\N(N)CCNc1ncc(F)c(-c2cc3cccc(-c4cc(C)ccc4C(=O)C(F)F)c3s2)n1. The second-order valence-electron chi connectivity index (χ2n) is 8.09. The maximum Gasteiger partial charge on any atom is 0.300 e. The van der Waals surface area contributed by atoms with Gasteiger partial charge in [-0.3, -0.25) is 4.79 Å². The number of hydrazine groups is 1. The Hall–Kier alpha value is -3.76. The van der Waals surface area contributed by atoms with Crippen molar-refractivity contribution in [2.24, 2.45) is 5.84 Å². The fourth-order valence-corrected chi connectivity index (χ4v) is 4.97. The topological polar surface area (TPSA) is 84.1 Å². The maximum atomic E-state index is 14.8. The molecule has 0 aliphatic carbocycles. The quantitative estimate of drug-likeness (QED) is 0.162. The Labute approximate surface area is 210 Å². The van der Waals surface area contributed by atoms with E-state index in [-0.39, 0.29) is 17.2 Å². The van der Waals surface area contributed by atoms with Crippen LogP contribution < -0.4 is 11.2 Å². The van der Waals surface area contributed by atoms with Gasteiger partial charge < -0.3 is 10.3 Å². The molecular formula is C26H24F3N5OS. The number of anilines is 1. The second-order valence-corrected chi connectivity index (χ2v) is 9.14. The molecule has 0 fully saturated rings. The van der Waals surface area contributed by atoms with Crippen molar-refractivity contribution in [1.82, 2.24) is 15.0 Å². The number of aromatic nitrogens is 2. The molecule has 0 aliphatic rings. The second kappa shape index (κ2) is 10.9. The third-order valence-electron chi connectivity index (χ3n) is 5.44. The molecule has 0 amide bonds. The first-order valence-corrected chi connectivity index (χ1v) is 12.0. The van der Waals surface area contributed by atoms with Crippen LogP contribution in [-0.4, -0.2) is 40.3 Å². The van der Waals surface area contributed by atoms with Gasteiger partial charge in [0.25, 0.3) is 0 Å². The van der Waals surface area contributed by atoms with Crippen LogP contribution in [0, 0.1) is 12.7 Å². The fraction of sp³-hybridized carbons (Fsp3) is 0.192. The number of nitrogens with one attached hydrogen (secondary N) is 1. The Morgan fingerprint density at radius 3 is 2.78 bits per heavy atom. The van der Waals surface area contributed by atoms with Crippen LogP contribution >= 0.6 is 11.3 Å². The van der Waals surface area contributed by atoms with Crippen LogP contribution in [-0.2, 0) is 0 Å². The van der Waals surface area contributed by atoms with Gasteiger partial charge in [-0.1, -0.05) is 48.0 Å². The Balaban J connectivity index is 1.73. The van der Waals surface area contributed by atoms with Gasteiger partial charge in [0.05, 0.1) is 17.6 Å². The van der Waals surface area contributed by atoms with Crippen LogP contribution in [0.25, 0.3) is 31.8 Å². The Kier molecular flexibility index (Phi) is 7.66. The molecule has 4 aromatic rings. The van der Waals surface area contributed by atoms with E-state index in [0.29, 0.717) is 29.1 Å². The number of carbonyl (C=O) groups is 1. The lowest BCUT2D eigenvalue weighted by Crippen LogP contribution is -2.30. The summed E-state index contributed by atoms with van der Waals surface area (Å²) in [6, 6.07) is 12.0. The zero-order valence-corrected chi connectivity index (χ0v) is 20.5. The number of carbonyl (C=O) groups excluding carboxylic acids is 1. The van der Waals surface area contributed by atoms with Crippen molar-refractivity contribution in [3.8, 4) is 21.7 Å². The van der Waals surface area contributed by atoms with E-state index in [4.69, 9.17) is 5.84 Å². The van der Waals surface area contributed by atoms with Crippen molar-refractivity contribution < 1.29 is 18.0 Å². The number of ketones is 1. The molecule has 0 saturated carbocycles. The number of allylic oxidation sites excluding steroid dienone is 1. The van der Waals surface area contributed by atoms with Crippen molar-refractivity contribution in [1.29, 1.82) is 0 Å². The van der Waals surface area contributed by atoms with E-state index in [1.165, 1.54) is 22.4 Å². The molecule has 0 radical (unpaired) electrons. The molecule has 0 aliphatic heterocycles. The third kappa shape index (κ3) is 5.39. The minimum Gasteiger partial charge on any atom is -0.352 e. The monoisotopic (exact) mass is 511 g/mol. The number of alkyl halides is 2. The molecule has 0 spiro atoms. The molecule has 4 rings (SSSR count). The van der Waals surface area contributed by atoms with Crippen LogP contribution in [0.2, 0.25) is 0 Å². The molecule has 2 aromatic carbocycles. The number of benzene rings is 2. The summed E-state index contributed by atoms with van der Waals surface area (Å²) >= 11 is 1.27. The van der Waals surface area contributed by atoms with E-state index in [0.717, 1.165) is 21.8 Å². The predicted octanol–water partition coefficient (Wildman–Crippen LogP) is 6.04. The molecule has 2 aromatic heterocycles. The highest BCUT2D eigenvalue weighted by molar-refractivity contribution is 7.22. The number of halogens is 3. The van der Waals surface area contributed by atoms with E-state index in [1.54, 1.807) is 36.5 Å². The number of aryl methyl sites for hydroxylation is 1. The smallest absolute Gasteiger partial charge is 0.300 e. The van der Waals surface area contributed by atoms with Crippen molar-refractivity contribution >= 4 is 33.2 Å². The molecule has 2 heterocycles. The molecule has 186 valence electrons. The van der Waals surface area contributed by atoms with Crippen LogP contribution in [0.5, 0.6) is 0 Å². The first kappa shape index (κ1) is 25.3. The van der Waals surface area contributed by atoms with Gasteiger partial charge in [-0.2, -0.15) is 0 Å². The van der Waals surface area contributed by atoms with Gasteiger partial charge in [0, 0.05) is 28.6 Å². The highest BCUT2D eigenvalue weighted by Gasteiger charge is 2.23. The summed E-state index contributed by atoms with van der Waals surface area (Å²) in [4.78, 5) is 21.1. The van der Waals surface area contributed by atoms with Gasteiger partial charge in [0.15, 0.2) is 5.82 Å². The first-order chi connectivity index (χ1) is 17.3. The summed E-state index contributed by atoms with van der Waals surface area (Å²) in [7, 11) is 0. The Morgan fingerprint density at radius 2 is 2.03 bits per heavy atom. The lowest BCUT2D eigenvalue weighted by molar-refractivity contribution is 0.0679. The number of rotatable bonds is 9. The number of hydrogen-bond donors (Lipinski definition) is 2. The van der Waals surface area contributed by atoms with Crippen LogP contribution in [0.3, 0.4) is 0 Å². The van der Waals surface area contributed by atoms with Crippen LogP contribution in [0.1, 0.15) is 22.8 Å². The summed E-state index contributed by atoms with van der Waals surface area (Å²) in [5.74, 6) is 4.22. The zero-order chi connectivity index (χ0) is 25.8. The molecule has 3 N–H and O–H groups in total. The summed E-state index contributed by atoms with van der Waals surface area (Å²) in [5, 5.41) is 5.31. The molecule has 0 bridgehead atoms. The van der Waals surface area contributed by atoms with E-state index < -0.39 is 18.0 Å². The summed E-state index contributed by atoms with van der Waals surface area (Å²) in [5.41, 5.74) is 1.93. The summed E-state index contributed by atoms with van der Waals surface area (Å²) in [6.07, 6.45) is 1.52. The number of fused-ring (bicyclic) bond motifs is 1. The van der Waals surface area contributed by atoms with Crippen LogP contribution in [0.15, 0.2) is 60.9 Å². The third-order valence-corrected chi connectivity index (χ3v) is 6.64. The molecule has 0 unspecified atom stereocenters. The lowest BCUT2D eigenvalue weighted by Gasteiger charge is -2.13. The summed E-state index contributed by atoms with van der Waals surface area (Å²) < 4.78 is 42.1. The number of Topliss-reactive ketones (excluding diaryl/α,β-unsaturated/α-hetero) is 1. The van der Waals surface area contributed by atoms with Crippen molar-refractivity contribution in [3.05, 3.63) is 77.9 Å². The van der Waals surface area contributed by atoms with E-state index in [2.05, 4.69) is 15.3 Å². The van der Waals surface area contributed by atoms with Gasteiger partial charge >= 0.3 is 6.43 Å².